The highest BCUT2D eigenvalue weighted by Gasteiger charge is 2.21. The fourth-order valence-electron chi connectivity index (χ4n) is 2.69. The molecule has 0 saturated carbocycles. The summed E-state index contributed by atoms with van der Waals surface area (Å²) >= 11 is 0. The maximum atomic E-state index is 8.95. The van der Waals surface area contributed by atoms with E-state index in [0.717, 1.165) is 44.2 Å². The number of hydrogen-bond acceptors (Lipinski definition) is 5. The summed E-state index contributed by atoms with van der Waals surface area (Å²) < 4.78 is 10.7. The van der Waals surface area contributed by atoms with E-state index < -0.39 is 0 Å². The van der Waals surface area contributed by atoms with Crippen LogP contribution in [0.3, 0.4) is 0 Å². The molecule has 1 atom stereocenters. The van der Waals surface area contributed by atoms with Crippen LogP contribution >= 0.6 is 0 Å². The Kier molecular flexibility index (Phi) is 3.77. The molecule has 3 rings (SSSR count). The molecule has 0 radical (unpaired) electrons. The van der Waals surface area contributed by atoms with Crippen LogP contribution < -0.4 is 9.47 Å². The van der Waals surface area contributed by atoms with Crippen LogP contribution in [-0.4, -0.2) is 48.8 Å². The first-order valence-electron chi connectivity index (χ1n) is 7.01. The lowest BCUT2D eigenvalue weighted by atomic mass is 10.1. The molecule has 0 spiro atoms. The molecule has 20 heavy (non-hydrogen) atoms. The van der Waals surface area contributed by atoms with Gasteiger partial charge < -0.3 is 9.47 Å². The quantitative estimate of drug-likeness (QED) is 0.834. The summed E-state index contributed by atoms with van der Waals surface area (Å²) in [6.07, 6.45) is 0. The van der Waals surface area contributed by atoms with Gasteiger partial charge in [0, 0.05) is 32.7 Å². The fourth-order valence-corrected chi connectivity index (χ4v) is 2.69. The Morgan fingerprint density at radius 3 is 2.70 bits per heavy atom. The van der Waals surface area contributed by atoms with E-state index in [1.807, 2.05) is 13.0 Å². The molecule has 0 N–H and O–H groups in total. The molecule has 0 unspecified atom stereocenters. The van der Waals surface area contributed by atoms with E-state index in [1.165, 1.54) is 5.56 Å². The van der Waals surface area contributed by atoms with Crippen molar-refractivity contribution in [2.24, 2.45) is 0 Å². The molecule has 0 aromatic heterocycles. The third-order valence-corrected chi connectivity index (χ3v) is 3.98. The Bertz CT molecular complexity index is 518. The predicted octanol–water partition coefficient (Wildman–Crippen LogP) is 1.44. The summed E-state index contributed by atoms with van der Waals surface area (Å²) in [4.78, 5) is 4.65. The van der Waals surface area contributed by atoms with Crippen LogP contribution in [0, 0.1) is 11.3 Å². The Labute approximate surface area is 119 Å². The zero-order valence-corrected chi connectivity index (χ0v) is 11.7. The van der Waals surface area contributed by atoms with Crippen LogP contribution in [-0.2, 0) is 6.54 Å². The van der Waals surface area contributed by atoms with E-state index in [-0.39, 0.29) is 6.04 Å². The molecule has 5 nitrogen and oxygen atoms in total. The highest BCUT2D eigenvalue weighted by molar-refractivity contribution is 5.44. The van der Waals surface area contributed by atoms with Gasteiger partial charge in [-0.2, -0.15) is 5.26 Å². The van der Waals surface area contributed by atoms with Crippen LogP contribution in [0.15, 0.2) is 18.2 Å². The minimum absolute atomic E-state index is 0.0164. The van der Waals surface area contributed by atoms with Crippen molar-refractivity contribution >= 4 is 0 Å². The first-order valence-corrected chi connectivity index (χ1v) is 7.01. The van der Waals surface area contributed by atoms with Gasteiger partial charge in [-0.05, 0) is 24.6 Å². The molecule has 1 aromatic carbocycles. The largest absolute Gasteiger partial charge is 0.454 e. The van der Waals surface area contributed by atoms with Crippen molar-refractivity contribution in [3.63, 3.8) is 0 Å². The minimum atomic E-state index is 0.0164. The van der Waals surface area contributed by atoms with Gasteiger partial charge in [0.05, 0.1) is 12.1 Å². The normalized spacial score (nSPS) is 20.6. The number of piperazine rings is 1. The predicted molar refractivity (Wildman–Crippen MR) is 74.5 cm³/mol. The van der Waals surface area contributed by atoms with E-state index in [9.17, 15) is 0 Å². The summed E-state index contributed by atoms with van der Waals surface area (Å²) in [6, 6.07) is 8.46. The molecular formula is C15H19N3O2. The van der Waals surface area contributed by atoms with Crippen LogP contribution in [0.4, 0.5) is 0 Å². The van der Waals surface area contributed by atoms with Gasteiger partial charge in [-0.25, -0.2) is 0 Å². The molecule has 1 saturated heterocycles. The average Bonchev–Trinajstić information content (AvgIpc) is 2.95. The fraction of sp³-hybridized carbons (Fsp3) is 0.533. The molecule has 0 aliphatic carbocycles. The summed E-state index contributed by atoms with van der Waals surface area (Å²) in [5.74, 6) is 1.68. The van der Waals surface area contributed by atoms with Gasteiger partial charge in [-0.1, -0.05) is 6.07 Å². The highest BCUT2D eigenvalue weighted by Crippen LogP contribution is 2.32. The van der Waals surface area contributed by atoms with E-state index in [2.05, 4.69) is 28.0 Å². The molecule has 106 valence electrons. The van der Waals surface area contributed by atoms with Crippen LogP contribution in [0.25, 0.3) is 0 Å². The SMILES string of the molecule is C[C@@H](C#N)N1CCN(Cc2ccc3c(c2)OCO3)CC1. The minimum Gasteiger partial charge on any atom is -0.454 e. The lowest BCUT2D eigenvalue weighted by molar-refractivity contribution is 0.114. The first-order chi connectivity index (χ1) is 9.76. The molecule has 5 heteroatoms. The lowest BCUT2D eigenvalue weighted by Gasteiger charge is -2.35. The van der Waals surface area contributed by atoms with Crippen molar-refractivity contribution < 1.29 is 9.47 Å². The van der Waals surface area contributed by atoms with E-state index in [4.69, 9.17) is 14.7 Å². The second-order valence-electron chi connectivity index (χ2n) is 5.30. The first kappa shape index (κ1) is 13.2. The summed E-state index contributed by atoms with van der Waals surface area (Å²) in [5.41, 5.74) is 1.25. The maximum absolute atomic E-state index is 8.95. The topological polar surface area (TPSA) is 48.7 Å². The number of ether oxygens (including phenoxy) is 2. The standard InChI is InChI=1S/C15H19N3O2/c1-12(9-16)18-6-4-17(5-7-18)10-13-2-3-14-15(8-13)20-11-19-14/h2-3,8,12H,4-7,10-11H2,1H3/t12-/m0/s1. The molecule has 2 aliphatic heterocycles. The van der Waals surface area contributed by atoms with Crippen molar-refractivity contribution in [1.82, 2.24) is 9.80 Å². The Morgan fingerprint density at radius 1 is 1.20 bits per heavy atom. The molecule has 2 heterocycles. The van der Waals surface area contributed by atoms with Gasteiger partial charge >= 0.3 is 0 Å². The number of fused-ring (bicyclic) bond motifs is 1. The van der Waals surface area contributed by atoms with E-state index in [1.54, 1.807) is 0 Å². The number of nitriles is 1. The Balaban J connectivity index is 1.56. The number of benzene rings is 1. The van der Waals surface area contributed by atoms with Gasteiger partial charge in [0.2, 0.25) is 6.79 Å². The molecular weight excluding hydrogens is 254 g/mol. The average molecular weight is 273 g/mol. The summed E-state index contributed by atoms with van der Waals surface area (Å²) in [7, 11) is 0. The third-order valence-electron chi connectivity index (χ3n) is 3.98. The number of nitrogens with zero attached hydrogens (tertiary/aromatic N) is 3. The molecule has 0 amide bonds. The van der Waals surface area contributed by atoms with Crippen LogP contribution in [0.5, 0.6) is 11.5 Å². The number of rotatable bonds is 3. The maximum Gasteiger partial charge on any atom is 0.231 e. The molecule has 1 fully saturated rings. The van der Waals surface area contributed by atoms with Crippen LogP contribution in [0.2, 0.25) is 0 Å². The van der Waals surface area contributed by atoms with E-state index >= 15 is 0 Å². The monoisotopic (exact) mass is 273 g/mol. The lowest BCUT2D eigenvalue weighted by Crippen LogP contribution is -2.48. The Morgan fingerprint density at radius 2 is 1.95 bits per heavy atom. The van der Waals surface area contributed by atoms with Gasteiger partial charge in [-0.15, -0.1) is 0 Å². The second kappa shape index (κ2) is 5.70. The molecule has 1 aromatic rings. The summed E-state index contributed by atoms with van der Waals surface area (Å²) in [5, 5.41) is 8.95. The van der Waals surface area contributed by atoms with Gasteiger partial charge in [0.15, 0.2) is 11.5 Å². The summed E-state index contributed by atoms with van der Waals surface area (Å²) in [6.45, 7) is 7.13. The molecule has 2 aliphatic rings. The van der Waals surface area contributed by atoms with Gasteiger partial charge in [0.25, 0.3) is 0 Å². The van der Waals surface area contributed by atoms with Gasteiger partial charge in [-0.3, -0.25) is 9.80 Å². The van der Waals surface area contributed by atoms with Crippen molar-refractivity contribution in [3.8, 4) is 17.6 Å². The Hall–Kier alpha value is -1.77. The van der Waals surface area contributed by atoms with Gasteiger partial charge in [0.1, 0.15) is 0 Å². The zero-order chi connectivity index (χ0) is 13.9. The molecule has 0 bridgehead atoms. The smallest absolute Gasteiger partial charge is 0.231 e. The zero-order valence-electron chi connectivity index (χ0n) is 11.7. The van der Waals surface area contributed by atoms with Crippen LogP contribution in [0.1, 0.15) is 12.5 Å². The third kappa shape index (κ3) is 2.72. The van der Waals surface area contributed by atoms with Crippen molar-refractivity contribution in [1.29, 1.82) is 5.26 Å². The number of hydrogen-bond donors (Lipinski definition) is 0. The van der Waals surface area contributed by atoms with Crippen molar-refractivity contribution in [2.45, 2.75) is 19.5 Å². The van der Waals surface area contributed by atoms with E-state index in [0.29, 0.717) is 6.79 Å². The highest BCUT2D eigenvalue weighted by atomic mass is 16.7. The van der Waals surface area contributed by atoms with Crippen molar-refractivity contribution in [3.05, 3.63) is 23.8 Å². The van der Waals surface area contributed by atoms with Crippen molar-refractivity contribution in [2.75, 3.05) is 33.0 Å². The second-order valence-corrected chi connectivity index (χ2v) is 5.30.